The number of fused-ring (bicyclic) bond motifs is 1. The molecule has 1 aromatic heterocycles. The second-order valence-electron chi connectivity index (χ2n) is 6.00. The van der Waals surface area contributed by atoms with Crippen molar-refractivity contribution in [2.24, 2.45) is 5.92 Å². The van der Waals surface area contributed by atoms with E-state index in [4.69, 9.17) is 0 Å². The zero-order valence-corrected chi connectivity index (χ0v) is 12.2. The molecule has 1 aromatic rings. The van der Waals surface area contributed by atoms with Gasteiger partial charge in [0.2, 0.25) is 0 Å². The largest absolute Gasteiger partial charge is 0.312 e. The fraction of sp³-hybridized carbons (Fsp3) is 0.750. The summed E-state index contributed by atoms with van der Waals surface area (Å²) in [6.45, 7) is 2.34. The molecule has 0 saturated heterocycles. The highest BCUT2D eigenvalue weighted by Crippen LogP contribution is 2.30. The Bertz CT molecular complexity index is 353. The van der Waals surface area contributed by atoms with Gasteiger partial charge in [0.25, 0.3) is 0 Å². The second kappa shape index (κ2) is 6.21. The molecular weight excluding hydrogens is 238 g/mol. The smallest absolute Gasteiger partial charge is 0.0300 e. The van der Waals surface area contributed by atoms with Gasteiger partial charge in [-0.2, -0.15) is 0 Å². The normalized spacial score (nSPS) is 20.9. The van der Waals surface area contributed by atoms with Crippen LogP contribution in [-0.4, -0.2) is 6.54 Å². The van der Waals surface area contributed by atoms with Gasteiger partial charge in [-0.15, -0.1) is 11.3 Å². The van der Waals surface area contributed by atoms with E-state index in [1.807, 2.05) is 0 Å². The number of nitrogens with one attached hydrogen (secondary N) is 1. The maximum absolute atomic E-state index is 3.70. The second-order valence-corrected chi connectivity index (χ2v) is 7.22. The van der Waals surface area contributed by atoms with E-state index >= 15 is 0 Å². The van der Waals surface area contributed by atoms with Gasteiger partial charge < -0.3 is 5.32 Å². The molecule has 0 spiro atoms. The highest BCUT2D eigenvalue weighted by atomic mass is 32.1. The first-order valence-electron chi connectivity index (χ1n) is 7.73. The summed E-state index contributed by atoms with van der Waals surface area (Å²) in [5.41, 5.74) is 1.64. The summed E-state index contributed by atoms with van der Waals surface area (Å²) in [7, 11) is 0. The Kier molecular flexibility index (Phi) is 4.37. The minimum absolute atomic E-state index is 0.944. The molecule has 0 amide bonds. The number of hydrogen-bond donors (Lipinski definition) is 1. The fourth-order valence-corrected chi connectivity index (χ4v) is 4.68. The van der Waals surface area contributed by atoms with E-state index in [0.717, 1.165) is 12.5 Å². The zero-order chi connectivity index (χ0) is 12.2. The third-order valence-corrected chi connectivity index (χ3v) is 5.74. The molecule has 1 N–H and O–H groups in total. The fourth-order valence-electron chi connectivity index (χ4n) is 3.45. The van der Waals surface area contributed by atoms with Gasteiger partial charge in [0.15, 0.2) is 0 Å². The summed E-state index contributed by atoms with van der Waals surface area (Å²) < 4.78 is 0. The molecule has 0 aromatic carbocycles. The van der Waals surface area contributed by atoms with Gasteiger partial charge in [-0.1, -0.05) is 25.7 Å². The van der Waals surface area contributed by atoms with Crippen LogP contribution in [0.15, 0.2) is 6.07 Å². The summed E-state index contributed by atoms with van der Waals surface area (Å²) in [5.74, 6) is 0.944. The number of aryl methyl sites for hydroxylation is 2. The predicted molar refractivity (Wildman–Crippen MR) is 79.2 cm³/mol. The predicted octanol–water partition coefficient (Wildman–Crippen LogP) is 4.30. The average molecular weight is 263 g/mol. The molecule has 1 heterocycles. The van der Waals surface area contributed by atoms with Crippen LogP contribution in [0.3, 0.4) is 0 Å². The lowest BCUT2D eigenvalue weighted by Gasteiger charge is -2.14. The van der Waals surface area contributed by atoms with Crippen molar-refractivity contribution >= 4 is 11.3 Å². The number of rotatable bonds is 4. The topological polar surface area (TPSA) is 12.0 Å². The molecule has 0 bridgehead atoms. The van der Waals surface area contributed by atoms with Crippen molar-refractivity contribution in [3.63, 3.8) is 0 Å². The van der Waals surface area contributed by atoms with Gasteiger partial charge in [0, 0.05) is 16.3 Å². The molecule has 0 radical (unpaired) electrons. The minimum atomic E-state index is 0.944. The van der Waals surface area contributed by atoms with Crippen molar-refractivity contribution < 1.29 is 0 Å². The molecule has 1 fully saturated rings. The molecule has 1 saturated carbocycles. The zero-order valence-electron chi connectivity index (χ0n) is 11.3. The van der Waals surface area contributed by atoms with Gasteiger partial charge in [0.1, 0.15) is 0 Å². The maximum Gasteiger partial charge on any atom is 0.0300 e. The summed E-state index contributed by atoms with van der Waals surface area (Å²) in [6.07, 6.45) is 12.8. The van der Waals surface area contributed by atoms with Crippen LogP contribution in [0.2, 0.25) is 0 Å². The molecule has 2 heteroatoms. The van der Waals surface area contributed by atoms with E-state index in [2.05, 4.69) is 22.7 Å². The minimum Gasteiger partial charge on any atom is -0.312 e. The molecule has 1 nitrogen and oxygen atoms in total. The highest BCUT2D eigenvalue weighted by molar-refractivity contribution is 7.12. The molecule has 0 unspecified atom stereocenters. The lowest BCUT2D eigenvalue weighted by molar-refractivity contribution is 0.426. The van der Waals surface area contributed by atoms with Gasteiger partial charge in [-0.3, -0.25) is 0 Å². The Morgan fingerprint density at radius 1 is 1.06 bits per heavy atom. The monoisotopic (exact) mass is 263 g/mol. The Labute approximate surface area is 115 Å². The summed E-state index contributed by atoms with van der Waals surface area (Å²) in [6, 6.07) is 2.45. The summed E-state index contributed by atoms with van der Waals surface area (Å²) in [5, 5.41) is 3.70. The Morgan fingerprint density at radius 2 is 1.89 bits per heavy atom. The lowest BCUT2D eigenvalue weighted by atomic mass is 10.0. The quantitative estimate of drug-likeness (QED) is 0.799. The summed E-state index contributed by atoms with van der Waals surface area (Å²) in [4.78, 5) is 3.23. The van der Waals surface area contributed by atoms with E-state index in [1.165, 1.54) is 64.3 Å². The third-order valence-electron chi connectivity index (χ3n) is 4.50. The average Bonchev–Trinajstić information content (AvgIpc) is 2.83. The SMILES string of the molecule is c1c(CNCC2CCCCCC2)sc2c1CCC2. The van der Waals surface area contributed by atoms with Crippen LogP contribution in [0.4, 0.5) is 0 Å². The van der Waals surface area contributed by atoms with Crippen LogP contribution in [-0.2, 0) is 19.4 Å². The molecule has 100 valence electrons. The standard InChI is InChI=1S/C16H25NS/c1-2-4-7-13(6-3-1)11-17-12-15-10-14-8-5-9-16(14)18-15/h10,13,17H,1-9,11-12H2. The molecule has 18 heavy (non-hydrogen) atoms. The van der Waals surface area contributed by atoms with E-state index in [1.54, 1.807) is 15.3 Å². The molecular formula is C16H25NS. The van der Waals surface area contributed by atoms with Gasteiger partial charge in [0.05, 0.1) is 0 Å². The van der Waals surface area contributed by atoms with E-state index in [9.17, 15) is 0 Å². The van der Waals surface area contributed by atoms with Gasteiger partial charge in [-0.05, 0) is 56.2 Å². The molecule has 2 aliphatic rings. The Morgan fingerprint density at radius 3 is 2.67 bits per heavy atom. The molecule has 0 aliphatic heterocycles. The number of hydrogen-bond acceptors (Lipinski definition) is 2. The van der Waals surface area contributed by atoms with E-state index in [0.29, 0.717) is 0 Å². The van der Waals surface area contributed by atoms with Gasteiger partial charge >= 0.3 is 0 Å². The van der Waals surface area contributed by atoms with Crippen LogP contribution in [0.25, 0.3) is 0 Å². The number of thiophene rings is 1. The van der Waals surface area contributed by atoms with Crippen molar-refractivity contribution in [3.05, 3.63) is 21.4 Å². The summed E-state index contributed by atoms with van der Waals surface area (Å²) >= 11 is 2.05. The first-order chi connectivity index (χ1) is 8.92. The van der Waals surface area contributed by atoms with Crippen molar-refractivity contribution in [2.45, 2.75) is 64.3 Å². The molecule has 3 rings (SSSR count). The third kappa shape index (κ3) is 3.16. The first-order valence-corrected chi connectivity index (χ1v) is 8.54. The van der Waals surface area contributed by atoms with E-state index in [-0.39, 0.29) is 0 Å². The van der Waals surface area contributed by atoms with Crippen LogP contribution in [0, 0.1) is 5.92 Å². The van der Waals surface area contributed by atoms with Gasteiger partial charge in [-0.25, -0.2) is 0 Å². The van der Waals surface area contributed by atoms with Crippen molar-refractivity contribution in [2.75, 3.05) is 6.54 Å². The van der Waals surface area contributed by atoms with Crippen LogP contribution in [0.1, 0.15) is 60.3 Å². The molecule has 0 atom stereocenters. The van der Waals surface area contributed by atoms with Crippen molar-refractivity contribution in [3.8, 4) is 0 Å². The highest BCUT2D eigenvalue weighted by Gasteiger charge is 2.15. The van der Waals surface area contributed by atoms with Crippen molar-refractivity contribution in [1.82, 2.24) is 5.32 Å². The Hall–Kier alpha value is -0.340. The van der Waals surface area contributed by atoms with E-state index < -0.39 is 0 Å². The van der Waals surface area contributed by atoms with Crippen LogP contribution in [0.5, 0.6) is 0 Å². The van der Waals surface area contributed by atoms with Crippen LogP contribution >= 0.6 is 11.3 Å². The first kappa shape index (κ1) is 12.7. The lowest BCUT2D eigenvalue weighted by Crippen LogP contribution is -2.21. The van der Waals surface area contributed by atoms with Crippen molar-refractivity contribution in [1.29, 1.82) is 0 Å². The Balaban J connectivity index is 1.43. The maximum atomic E-state index is 3.70. The molecule has 2 aliphatic carbocycles. The van der Waals surface area contributed by atoms with Crippen LogP contribution < -0.4 is 5.32 Å².